The summed E-state index contributed by atoms with van der Waals surface area (Å²) in [6, 6.07) is -0.805. The molecule has 17 heavy (non-hydrogen) atoms. The van der Waals surface area contributed by atoms with E-state index in [0.717, 1.165) is 0 Å². The molecular formula is C10H21N3O4. The molecule has 0 rings (SSSR count). The third kappa shape index (κ3) is 5.86. The Morgan fingerprint density at radius 2 is 1.88 bits per heavy atom. The molecule has 100 valence electrons. The second kappa shape index (κ2) is 8.27. The van der Waals surface area contributed by atoms with Crippen molar-refractivity contribution < 1.29 is 19.7 Å². The van der Waals surface area contributed by atoms with Crippen LogP contribution in [0, 0.1) is 0 Å². The Balaban J connectivity index is 4.65. The van der Waals surface area contributed by atoms with E-state index in [9.17, 15) is 5.11 Å². The highest BCUT2D eigenvalue weighted by atomic mass is 16.7. The first-order valence-electron chi connectivity index (χ1n) is 5.62. The number of aliphatic hydroxyl groups is 2. The summed E-state index contributed by atoms with van der Waals surface area (Å²) in [4.78, 5) is 2.67. The normalized spacial score (nSPS) is 16.4. The Morgan fingerprint density at radius 3 is 2.24 bits per heavy atom. The number of hydrogen-bond acceptors (Lipinski definition) is 5. The van der Waals surface area contributed by atoms with Crippen molar-refractivity contribution in [2.45, 2.75) is 45.1 Å². The third-order valence-electron chi connectivity index (χ3n) is 2.35. The van der Waals surface area contributed by atoms with Crippen LogP contribution in [0.1, 0.15) is 27.2 Å². The van der Waals surface area contributed by atoms with Gasteiger partial charge in [0.1, 0.15) is 0 Å². The van der Waals surface area contributed by atoms with Crippen molar-refractivity contribution in [3.63, 3.8) is 0 Å². The molecule has 0 aliphatic carbocycles. The fourth-order valence-electron chi connectivity index (χ4n) is 1.33. The molecule has 2 N–H and O–H groups in total. The van der Waals surface area contributed by atoms with E-state index in [1.54, 1.807) is 0 Å². The van der Waals surface area contributed by atoms with Gasteiger partial charge in [0.05, 0.1) is 18.2 Å². The molecule has 7 nitrogen and oxygen atoms in total. The molecule has 7 heteroatoms. The van der Waals surface area contributed by atoms with E-state index >= 15 is 0 Å². The first-order chi connectivity index (χ1) is 8.01. The van der Waals surface area contributed by atoms with Gasteiger partial charge in [0.25, 0.3) is 0 Å². The van der Waals surface area contributed by atoms with Gasteiger partial charge >= 0.3 is 0 Å². The first kappa shape index (κ1) is 16.1. The zero-order valence-corrected chi connectivity index (χ0v) is 10.5. The highest BCUT2D eigenvalue weighted by molar-refractivity contribution is 4.88. The van der Waals surface area contributed by atoms with Gasteiger partial charge in [0.15, 0.2) is 6.29 Å². The quantitative estimate of drug-likeness (QED) is 0.276. The van der Waals surface area contributed by atoms with E-state index in [2.05, 4.69) is 10.0 Å². The lowest BCUT2D eigenvalue weighted by Gasteiger charge is -2.30. The van der Waals surface area contributed by atoms with E-state index < -0.39 is 24.5 Å². The molecule has 0 saturated heterocycles. The second-order valence-electron chi connectivity index (χ2n) is 3.81. The molecule has 0 fully saturated rings. The van der Waals surface area contributed by atoms with E-state index in [1.807, 2.05) is 13.8 Å². The van der Waals surface area contributed by atoms with E-state index in [4.69, 9.17) is 20.1 Å². The molecule has 0 aromatic rings. The van der Waals surface area contributed by atoms with Crippen molar-refractivity contribution in [2.24, 2.45) is 5.11 Å². The van der Waals surface area contributed by atoms with Gasteiger partial charge in [-0.3, -0.25) is 0 Å². The highest BCUT2D eigenvalue weighted by Crippen LogP contribution is 2.20. The molecule has 0 bridgehead atoms. The molecule has 0 heterocycles. The SMILES string of the molecule is CCOC(C[C@H](N=[N+]=[N-])[C@](C)(O)CO)OCC. The molecule has 0 unspecified atom stereocenters. The maximum atomic E-state index is 9.87. The summed E-state index contributed by atoms with van der Waals surface area (Å²) >= 11 is 0. The van der Waals surface area contributed by atoms with Crippen molar-refractivity contribution in [2.75, 3.05) is 19.8 Å². The summed E-state index contributed by atoms with van der Waals surface area (Å²) in [6.45, 7) is 5.45. The lowest BCUT2D eigenvalue weighted by atomic mass is 9.95. The van der Waals surface area contributed by atoms with Crippen LogP contribution in [-0.2, 0) is 9.47 Å². The Morgan fingerprint density at radius 1 is 1.35 bits per heavy atom. The molecule has 0 aliphatic rings. The number of ether oxygens (including phenoxy) is 2. The second-order valence-corrected chi connectivity index (χ2v) is 3.81. The van der Waals surface area contributed by atoms with Crippen LogP contribution in [0.2, 0.25) is 0 Å². The smallest absolute Gasteiger partial charge is 0.158 e. The van der Waals surface area contributed by atoms with Gasteiger partial charge in [-0.25, -0.2) is 0 Å². The van der Waals surface area contributed by atoms with Crippen LogP contribution in [0.3, 0.4) is 0 Å². The minimum Gasteiger partial charge on any atom is -0.393 e. The molecular weight excluding hydrogens is 226 g/mol. The molecule has 0 saturated carbocycles. The number of hydrogen-bond donors (Lipinski definition) is 2. The predicted octanol–water partition coefficient (Wildman–Crippen LogP) is 1.20. The summed E-state index contributed by atoms with van der Waals surface area (Å²) in [5.74, 6) is 0. The van der Waals surface area contributed by atoms with E-state index in [1.165, 1.54) is 6.92 Å². The standard InChI is InChI=1S/C10H21N3O4/c1-4-16-9(17-5-2)6-8(12-13-11)10(3,15)7-14/h8-9,14-15H,4-7H2,1-3H3/t8-,10+/m0/s1. The van der Waals surface area contributed by atoms with Crippen LogP contribution in [0.25, 0.3) is 10.4 Å². The summed E-state index contributed by atoms with van der Waals surface area (Å²) in [7, 11) is 0. The van der Waals surface area contributed by atoms with Crippen molar-refractivity contribution in [1.82, 2.24) is 0 Å². The van der Waals surface area contributed by atoms with Gasteiger partial charge in [-0.2, -0.15) is 0 Å². The molecule has 0 aliphatic heterocycles. The molecule has 0 spiro atoms. The van der Waals surface area contributed by atoms with Crippen LogP contribution in [0.5, 0.6) is 0 Å². The van der Waals surface area contributed by atoms with Crippen molar-refractivity contribution in [1.29, 1.82) is 0 Å². The van der Waals surface area contributed by atoms with Gasteiger partial charge in [-0.05, 0) is 26.3 Å². The lowest BCUT2D eigenvalue weighted by Crippen LogP contribution is -2.44. The third-order valence-corrected chi connectivity index (χ3v) is 2.35. The number of nitrogens with zero attached hydrogens (tertiary/aromatic N) is 3. The molecule has 2 atom stereocenters. The number of aliphatic hydroxyl groups excluding tert-OH is 1. The first-order valence-corrected chi connectivity index (χ1v) is 5.62. The lowest BCUT2D eigenvalue weighted by molar-refractivity contribution is -0.152. The van der Waals surface area contributed by atoms with Gasteiger partial charge < -0.3 is 19.7 Å². The van der Waals surface area contributed by atoms with Gasteiger partial charge in [-0.1, -0.05) is 5.11 Å². The van der Waals surface area contributed by atoms with Crippen LogP contribution in [0.15, 0.2) is 5.11 Å². The average Bonchev–Trinajstić information content (AvgIpc) is 2.29. The summed E-state index contributed by atoms with van der Waals surface area (Å²) < 4.78 is 10.6. The summed E-state index contributed by atoms with van der Waals surface area (Å²) in [5.41, 5.74) is 6.96. The highest BCUT2D eigenvalue weighted by Gasteiger charge is 2.33. The number of azide groups is 1. The van der Waals surface area contributed by atoms with Crippen molar-refractivity contribution in [3.8, 4) is 0 Å². The van der Waals surface area contributed by atoms with Gasteiger partial charge in [0, 0.05) is 24.5 Å². The van der Waals surface area contributed by atoms with Crippen molar-refractivity contribution >= 4 is 0 Å². The monoisotopic (exact) mass is 247 g/mol. The zero-order chi connectivity index (χ0) is 13.3. The Hall–Kier alpha value is -0.850. The van der Waals surface area contributed by atoms with Crippen LogP contribution >= 0.6 is 0 Å². The molecule has 0 aromatic carbocycles. The average molecular weight is 247 g/mol. The van der Waals surface area contributed by atoms with Crippen LogP contribution in [0.4, 0.5) is 0 Å². The predicted molar refractivity (Wildman–Crippen MR) is 62.3 cm³/mol. The largest absolute Gasteiger partial charge is 0.393 e. The minimum atomic E-state index is -1.49. The zero-order valence-electron chi connectivity index (χ0n) is 10.5. The van der Waals surface area contributed by atoms with E-state index in [0.29, 0.717) is 13.2 Å². The van der Waals surface area contributed by atoms with Crippen molar-refractivity contribution in [3.05, 3.63) is 10.4 Å². The maximum absolute atomic E-state index is 9.87. The molecule has 0 amide bonds. The maximum Gasteiger partial charge on any atom is 0.158 e. The Kier molecular flexibility index (Phi) is 7.86. The topological polar surface area (TPSA) is 108 Å². The van der Waals surface area contributed by atoms with Gasteiger partial charge in [-0.15, -0.1) is 0 Å². The fourth-order valence-corrected chi connectivity index (χ4v) is 1.33. The van der Waals surface area contributed by atoms with Crippen LogP contribution < -0.4 is 0 Å². The van der Waals surface area contributed by atoms with Gasteiger partial charge in [0.2, 0.25) is 0 Å². The minimum absolute atomic E-state index is 0.194. The summed E-state index contributed by atoms with van der Waals surface area (Å²) in [5, 5.41) is 22.4. The Labute approximate surface area is 101 Å². The number of rotatable bonds is 9. The Bertz CT molecular complexity index is 248. The van der Waals surface area contributed by atoms with Crippen LogP contribution in [-0.4, -0.2) is 48.0 Å². The fraction of sp³-hybridized carbons (Fsp3) is 1.00. The van der Waals surface area contributed by atoms with E-state index in [-0.39, 0.29) is 6.42 Å². The summed E-state index contributed by atoms with van der Waals surface area (Å²) in [6.07, 6.45) is -0.363. The molecule has 0 radical (unpaired) electrons. The molecule has 0 aromatic heterocycles.